The average molecular weight is 720 g/mol. The molecule has 0 aliphatic rings. The number of fused-ring (bicyclic) bond motifs is 8. The van der Waals surface area contributed by atoms with E-state index in [0.717, 1.165) is 39.0 Å². The maximum absolute atomic E-state index is 6.57. The summed E-state index contributed by atoms with van der Waals surface area (Å²) in [5.41, 5.74) is 12.4. The standard InChI is InChI=1S/C52H33NOS/c1-2-11-34(12-3-1)35-21-27-39(28-22-35)53(40-29-23-37(24-30-40)43-18-10-14-36-13-4-5-15-42(36)43)41-31-25-38(26-32-41)46-33-47-44-16-6-8-19-48(44)54-51(47)50-45-17-7-9-20-49(45)55-52(46)50/h1-33H. The number of furan rings is 1. The van der Waals surface area contributed by atoms with E-state index in [1.165, 1.54) is 64.3 Å². The molecule has 0 saturated carbocycles. The summed E-state index contributed by atoms with van der Waals surface area (Å²) in [6.07, 6.45) is 0. The fourth-order valence-electron chi connectivity index (χ4n) is 8.22. The van der Waals surface area contributed by atoms with Gasteiger partial charge in [0, 0.05) is 53.6 Å². The summed E-state index contributed by atoms with van der Waals surface area (Å²) in [6.45, 7) is 0. The van der Waals surface area contributed by atoms with Crippen molar-refractivity contribution >= 4 is 81.3 Å². The van der Waals surface area contributed by atoms with Crippen molar-refractivity contribution in [3.8, 4) is 33.4 Å². The van der Waals surface area contributed by atoms with Gasteiger partial charge in [-0.2, -0.15) is 0 Å². The Morgan fingerprint density at radius 2 is 0.927 bits per heavy atom. The first kappa shape index (κ1) is 31.6. The minimum absolute atomic E-state index is 0.918. The molecule has 11 rings (SSSR count). The fraction of sp³-hybridized carbons (Fsp3) is 0. The van der Waals surface area contributed by atoms with Crippen molar-refractivity contribution in [3.05, 3.63) is 200 Å². The number of thiophene rings is 1. The quantitative estimate of drug-likeness (QED) is 0.170. The van der Waals surface area contributed by atoms with E-state index >= 15 is 0 Å². The Balaban J connectivity index is 1.04. The van der Waals surface area contributed by atoms with Gasteiger partial charge in [0.2, 0.25) is 0 Å². The summed E-state index contributed by atoms with van der Waals surface area (Å²) < 4.78 is 9.08. The molecule has 11 aromatic rings. The zero-order valence-corrected chi connectivity index (χ0v) is 30.6. The smallest absolute Gasteiger partial charge is 0.144 e. The van der Waals surface area contributed by atoms with E-state index in [4.69, 9.17) is 4.42 Å². The van der Waals surface area contributed by atoms with Crippen LogP contribution in [0.3, 0.4) is 0 Å². The third kappa shape index (κ3) is 5.32. The number of anilines is 3. The highest BCUT2D eigenvalue weighted by Gasteiger charge is 2.20. The summed E-state index contributed by atoms with van der Waals surface area (Å²) in [6, 6.07) is 72.1. The lowest BCUT2D eigenvalue weighted by molar-refractivity contribution is 0.673. The molecule has 0 unspecified atom stereocenters. The van der Waals surface area contributed by atoms with E-state index in [0.29, 0.717) is 0 Å². The third-order valence-electron chi connectivity index (χ3n) is 10.9. The van der Waals surface area contributed by atoms with Gasteiger partial charge in [0.1, 0.15) is 11.2 Å². The second kappa shape index (κ2) is 12.9. The predicted molar refractivity (Wildman–Crippen MR) is 235 cm³/mol. The van der Waals surface area contributed by atoms with E-state index in [-0.39, 0.29) is 0 Å². The molecule has 3 heteroatoms. The van der Waals surface area contributed by atoms with E-state index < -0.39 is 0 Å². The van der Waals surface area contributed by atoms with Crippen molar-refractivity contribution in [1.29, 1.82) is 0 Å². The molecule has 0 saturated heterocycles. The Morgan fingerprint density at radius 1 is 0.382 bits per heavy atom. The normalized spacial score (nSPS) is 11.6. The molecule has 0 amide bonds. The first-order valence-electron chi connectivity index (χ1n) is 18.7. The Morgan fingerprint density at radius 3 is 1.65 bits per heavy atom. The van der Waals surface area contributed by atoms with Crippen LogP contribution in [0, 0.1) is 0 Å². The highest BCUT2D eigenvalue weighted by atomic mass is 32.1. The predicted octanol–water partition coefficient (Wildman–Crippen LogP) is 15.6. The Hall–Kier alpha value is -6.94. The van der Waals surface area contributed by atoms with Crippen LogP contribution in [0.5, 0.6) is 0 Å². The largest absolute Gasteiger partial charge is 0.455 e. The first-order valence-corrected chi connectivity index (χ1v) is 19.5. The van der Waals surface area contributed by atoms with Gasteiger partial charge in [-0.05, 0) is 93.2 Å². The lowest BCUT2D eigenvalue weighted by Crippen LogP contribution is -2.09. The first-order chi connectivity index (χ1) is 27.3. The molecule has 0 spiro atoms. The van der Waals surface area contributed by atoms with Crippen LogP contribution in [-0.4, -0.2) is 0 Å². The van der Waals surface area contributed by atoms with Gasteiger partial charge >= 0.3 is 0 Å². The zero-order valence-electron chi connectivity index (χ0n) is 29.8. The number of nitrogens with zero attached hydrogens (tertiary/aromatic N) is 1. The highest BCUT2D eigenvalue weighted by molar-refractivity contribution is 7.26. The summed E-state index contributed by atoms with van der Waals surface area (Å²) in [5, 5.41) is 7.23. The van der Waals surface area contributed by atoms with Crippen LogP contribution in [0.2, 0.25) is 0 Å². The van der Waals surface area contributed by atoms with Crippen LogP contribution in [0.4, 0.5) is 17.1 Å². The molecule has 0 bridgehead atoms. The number of hydrogen-bond donors (Lipinski definition) is 0. The van der Waals surface area contributed by atoms with E-state index in [1.54, 1.807) is 0 Å². The SMILES string of the molecule is c1ccc(-c2ccc(N(c3ccc(-c4cccc5ccccc45)cc3)c3ccc(-c4cc5c6ccccc6oc5c5c4sc4ccccc45)cc3)cc2)cc1. The molecule has 2 aromatic heterocycles. The summed E-state index contributed by atoms with van der Waals surface area (Å²) in [4.78, 5) is 2.35. The van der Waals surface area contributed by atoms with Crippen molar-refractivity contribution in [3.63, 3.8) is 0 Å². The van der Waals surface area contributed by atoms with Crippen LogP contribution >= 0.6 is 11.3 Å². The van der Waals surface area contributed by atoms with Crippen molar-refractivity contribution in [2.45, 2.75) is 0 Å². The average Bonchev–Trinajstić information content (AvgIpc) is 3.83. The van der Waals surface area contributed by atoms with Crippen molar-refractivity contribution in [2.75, 3.05) is 4.90 Å². The minimum Gasteiger partial charge on any atom is -0.455 e. The molecule has 9 aromatic carbocycles. The van der Waals surface area contributed by atoms with Crippen LogP contribution in [0.15, 0.2) is 205 Å². The summed E-state index contributed by atoms with van der Waals surface area (Å²) >= 11 is 1.84. The Labute approximate surface area is 322 Å². The van der Waals surface area contributed by atoms with Crippen molar-refractivity contribution in [2.24, 2.45) is 0 Å². The molecule has 258 valence electrons. The zero-order chi connectivity index (χ0) is 36.3. The second-order valence-corrected chi connectivity index (χ2v) is 15.1. The van der Waals surface area contributed by atoms with Crippen molar-refractivity contribution < 1.29 is 4.42 Å². The number of rotatable bonds is 6. The Kier molecular flexibility index (Phi) is 7.39. The molecule has 55 heavy (non-hydrogen) atoms. The lowest BCUT2D eigenvalue weighted by atomic mass is 9.97. The number of benzene rings is 9. The van der Waals surface area contributed by atoms with Crippen molar-refractivity contribution in [1.82, 2.24) is 0 Å². The molecule has 0 N–H and O–H groups in total. The fourth-order valence-corrected chi connectivity index (χ4v) is 9.46. The van der Waals surface area contributed by atoms with Gasteiger partial charge < -0.3 is 9.32 Å². The molecule has 0 radical (unpaired) electrons. The topological polar surface area (TPSA) is 16.4 Å². The Bertz CT molecular complexity index is 3170. The molecule has 0 aliphatic heterocycles. The molecule has 0 aliphatic carbocycles. The molecule has 2 nitrogen and oxygen atoms in total. The third-order valence-corrected chi connectivity index (χ3v) is 12.1. The second-order valence-electron chi connectivity index (χ2n) is 14.1. The number of para-hydroxylation sites is 1. The van der Waals surface area contributed by atoms with Gasteiger partial charge in [0.05, 0.1) is 0 Å². The van der Waals surface area contributed by atoms with Crippen LogP contribution in [0.25, 0.3) is 86.3 Å². The van der Waals surface area contributed by atoms with Crippen LogP contribution < -0.4 is 4.90 Å². The molecular formula is C52H33NOS. The lowest BCUT2D eigenvalue weighted by Gasteiger charge is -2.26. The van der Waals surface area contributed by atoms with Crippen LogP contribution in [-0.2, 0) is 0 Å². The summed E-state index contributed by atoms with van der Waals surface area (Å²) in [5.74, 6) is 0. The maximum atomic E-state index is 6.57. The number of hydrogen-bond acceptors (Lipinski definition) is 3. The van der Waals surface area contributed by atoms with E-state index in [2.05, 4.69) is 199 Å². The van der Waals surface area contributed by atoms with Gasteiger partial charge in [-0.15, -0.1) is 11.3 Å². The van der Waals surface area contributed by atoms with Crippen LogP contribution in [0.1, 0.15) is 0 Å². The molecule has 0 atom stereocenters. The highest BCUT2D eigenvalue weighted by Crippen LogP contribution is 2.47. The molecular weight excluding hydrogens is 687 g/mol. The molecule has 2 heterocycles. The monoisotopic (exact) mass is 719 g/mol. The van der Waals surface area contributed by atoms with Gasteiger partial charge in [0.25, 0.3) is 0 Å². The van der Waals surface area contributed by atoms with Gasteiger partial charge in [-0.25, -0.2) is 0 Å². The maximum Gasteiger partial charge on any atom is 0.144 e. The van der Waals surface area contributed by atoms with Gasteiger partial charge in [-0.3, -0.25) is 0 Å². The summed E-state index contributed by atoms with van der Waals surface area (Å²) in [7, 11) is 0. The van der Waals surface area contributed by atoms with Gasteiger partial charge in [-0.1, -0.05) is 146 Å². The van der Waals surface area contributed by atoms with E-state index in [1.807, 2.05) is 17.4 Å². The molecule has 0 fully saturated rings. The van der Waals surface area contributed by atoms with E-state index in [9.17, 15) is 0 Å². The van der Waals surface area contributed by atoms with Gasteiger partial charge in [0.15, 0.2) is 0 Å². The minimum atomic E-state index is 0.918.